The van der Waals surface area contributed by atoms with Gasteiger partial charge in [0.25, 0.3) is 10.0 Å². The summed E-state index contributed by atoms with van der Waals surface area (Å²) in [5.41, 5.74) is 2.25. The van der Waals surface area contributed by atoms with Crippen LogP contribution >= 0.6 is 0 Å². The van der Waals surface area contributed by atoms with E-state index in [1.165, 1.54) is 33.5 Å². The van der Waals surface area contributed by atoms with Crippen molar-refractivity contribution in [3.63, 3.8) is 0 Å². The van der Waals surface area contributed by atoms with Crippen LogP contribution in [0.15, 0.2) is 35.2 Å². The van der Waals surface area contributed by atoms with E-state index in [1.54, 1.807) is 18.2 Å². The van der Waals surface area contributed by atoms with Gasteiger partial charge in [-0.3, -0.25) is 9.52 Å². The maximum absolute atomic E-state index is 13.1. The fraction of sp³-hybridized carbons (Fsp3) is 0.333. The maximum Gasteiger partial charge on any atom is 0.406 e. The predicted octanol–water partition coefficient (Wildman–Crippen LogP) is 2.29. The number of alkyl carbamates (subject to hydrolysis) is 1. The Morgan fingerprint density at radius 3 is 2.47 bits per heavy atom. The lowest BCUT2D eigenvalue weighted by molar-refractivity contribution is -0.116. The second-order valence-corrected chi connectivity index (χ2v) is 8.69. The molecule has 0 spiro atoms. The normalized spacial score (nSPS) is 12.9. The summed E-state index contributed by atoms with van der Waals surface area (Å²) in [5, 5.41) is 5.29. The SMILES string of the molecule is COC(=O)NCCc1cc(OC)c(OC)cc1NS(=O)(=O)c1ccc2c(c1)CCC(=O)N2. The van der Waals surface area contributed by atoms with E-state index >= 15 is 0 Å². The largest absolute Gasteiger partial charge is 0.493 e. The number of ether oxygens (including phenoxy) is 3. The molecular weight excluding hydrogens is 438 g/mol. The van der Waals surface area contributed by atoms with Gasteiger partial charge < -0.3 is 24.8 Å². The lowest BCUT2D eigenvalue weighted by atomic mass is 10.0. The Morgan fingerprint density at radius 1 is 1.06 bits per heavy atom. The molecule has 0 atom stereocenters. The molecule has 0 radical (unpaired) electrons. The molecule has 2 aromatic carbocycles. The Labute approximate surface area is 186 Å². The zero-order valence-corrected chi connectivity index (χ0v) is 18.8. The molecule has 10 nitrogen and oxygen atoms in total. The van der Waals surface area contributed by atoms with Gasteiger partial charge in [0.05, 0.1) is 31.9 Å². The van der Waals surface area contributed by atoms with Crippen LogP contribution in [0.1, 0.15) is 17.5 Å². The third-order valence-electron chi connectivity index (χ3n) is 4.99. The molecule has 2 amide bonds. The molecule has 3 rings (SSSR count). The quantitative estimate of drug-likeness (QED) is 0.547. The van der Waals surface area contributed by atoms with Crippen LogP contribution in [0.3, 0.4) is 0 Å². The molecule has 1 heterocycles. The van der Waals surface area contributed by atoms with Crippen LogP contribution in [0.5, 0.6) is 11.5 Å². The number of carbonyl (C=O) groups is 2. The predicted molar refractivity (Wildman–Crippen MR) is 118 cm³/mol. The van der Waals surface area contributed by atoms with Gasteiger partial charge in [0, 0.05) is 24.7 Å². The first-order valence-electron chi connectivity index (χ1n) is 9.79. The third-order valence-corrected chi connectivity index (χ3v) is 6.35. The number of fused-ring (bicyclic) bond motifs is 1. The standard InChI is InChI=1S/C21H25N3O7S/c1-29-18-11-14(8-9-22-21(26)31-3)17(12-19(18)30-2)24-32(27,28)15-5-6-16-13(10-15)4-7-20(25)23-16/h5-6,10-12,24H,4,7-9H2,1-3H3,(H,22,26)(H,23,25). The summed E-state index contributed by atoms with van der Waals surface area (Å²) in [6.07, 6.45) is 0.486. The van der Waals surface area contributed by atoms with Gasteiger partial charge in [0.1, 0.15) is 0 Å². The highest BCUT2D eigenvalue weighted by atomic mass is 32.2. The Bertz CT molecular complexity index is 1130. The summed E-state index contributed by atoms with van der Waals surface area (Å²) in [4.78, 5) is 23.0. The first kappa shape index (κ1) is 23.2. The van der Waals surface area contributed by atoms with Crippen LogP contribution in [0.2, 0.25) is 0 Å². The van der Waals surface area contributed by atoms with Crippen molar-refractivity contribution in [2.75, 3.05) is 37.9 Å². The Balaban J connectivity index is 1.91. The third kappa shape index (κ3) is 5.22. The van der Waals surface area contributed by atoms with E-state index in [0.29, 0.717) is 47.7 Å². The molecular formula is C21H25N3O7S. The summed E-state index contributed by atoms with van der Waals surface area (Å²) >= 11 is 0. The maximum atomic E-state index is 13.1. The van der Waals surface area contributed by atoms with Gasteiger partial charge in [-0.1, -0.05) is 0 Å². The van der Waals surface area contributed by atoms with E-state index in [-0.39, 0.29) is 17.3 Å². The number of aryl methyl sites for hydroxylation is 1. The molecule has 11 heteroatoms. The van der Waals surface area contributed by atoms with Crippen molar-refractivity contribution in [1.29, 1.82) is 0 Å². The van der Waals surface area contributed by atoms with Crippen LogP contribution < -0.4 is 24.8 Å². The average molecular weight is 464 g/mol. The molecule has 3 N–H and O–H groups in total. The number of sulfonamides is 1. The van der Waals surface area contributed by atoms with Gasteiger partial charge in [-0.25, -0.2) is 13.2 Å². The fourth-order valence-corrected chi connectivity index (χ4v) is 4.47. The summed E-state index contributed by atoms with van der Waals surface area (Å²) < 4.78 is 44.0. The van der Waals surface area contributed by atoms with E-state index in [2.05, 4.69) is 20.1 Å². The number of rotatable bonds is 8. The molecule has 1 aliphatic rings. The molecule has 0 bridgehead atoms. The van der Waals surface area contributed by atoms with Gasteiger partial charge in [-0.15, -0.1) is 0 Å². The minimum atomic E-state index is -3.94. The second kappa shape index (κ2) is 9.77. The minimum absolute atomic E-state index is 0.0702. The molecule has 172 valence electrons. The lowest BCUT2D eigenvalue weighted by Gasteiger charge is -2.19. The molecule has 0 saturated heterocycles. The molecule has 0 aromatic heterocycles. The van der Waals surface area contributed by atoms with Crippen molar-refractivity contribution in [2.45, 2.75) is 24.2 Å². The van der Waals surface area contributed by atoms with Gasteiger partial charge in [0.15, 0.2) is 11.5 Å². The van der Waals surface area contributed by atoms with E-state index in [1.807, 2.05) is 0 Å². The lowest BCUT2D eigenvalue weighted by Crippen LogP contribution is -2.25. The number of carbonyl (C=O) groups excluding carboxylic acids is 2. The number of hydrogen-bond acceptors (Lipinski definition) is 7. The fourth-order valence-electron chi connectivity index (χ4n) is 3.32. The first-order chi connectivity index (χ1) is 15.3. The zero-order chi connectivity index (χ0) is 23.3. The topological polar surface area (TPSA) is 132 Å². The molecule has 0 fully saturated rings. The Kier molecular flexibility index (Phi) is 7.08. The first-order valence-corrected chi connectivity index (χ1v) is 11.3. The van der Waals surface area contributed by atoms with Crippen LogP contribution in [0, 0.1) is 0 Å². The van der Waals surface area contributed by atoms with E-state index in [4.69, 9.17) is 9.47 Å². The molecule has 2 aromatic rings. The summed E-state index contributed by atoms with van der Waals surface area (Å²) in [6.45, 7) is 0.218. The van der Waals surface area contributed by atoms with Crippen LogP contribution in [0.25, 0.3) is 0 Å². The van der Waals surface area contributed by atoms with Crippen molar-refractivity contribution in [2.24, 2.45) is 0 Å². The van der Waals surface area contributed by atoms with Crippen LogP contribution in [0.4, 0.5) is 16.2 Å². The van der Waals surface area contributed by atoms with E-state index < -0.39 is 16.1 Å². The van der Waals surface area contributed by atoms with Gasteiger partial charge in [-0.05, 0) is 48.2 Å². The van der Waals surface area contributed by atoms with Crippen molar-refractivity contribution in [3.05, 3.63) is 41.5 Å². The Hall–Kier alpha value is -3.47. The smallest absolute Gasteiger partial charge is 0.406 e. The van der Waals surface area contributed by atoms with Gasteiger partial charge in [-0.2, -0.15) is 0 Å². The zero-order valence-electron chi connectivity index (χ0n) is 18.0. The van der Waals surface area contributed by atoms with Gasteiger partial charge >= 0.3 is 6.09 Å². The van der Waals surface area contributed by atoms with E-state index in [0.717, 1.165) is 5.56 Å². The molecule has 32 heavy (non-hydrogen) atoms. The number of hydrogen-bond donors (Lipinski definition) is 3. The molecule has 0 unspecified atom stereocenters. The number of methoxy groups -OCH3 is 3. The summed E-state index contributed by atoms with van der Waals surface area (Å²) in [5.74, 6) is 0.679. The second-order valence-electron chi connectivity index (χ2n) is 7.01. The minimum Gasteiger partial charge on any atom is -0.493 e. The number of benzene rings is 2. The highest BCUT2D eigenvalue weighted by Gasteiger charge is 2.22. The number of nitrogens with one attached hydrogen (secondary N) is 3. The van der Waals surface area contributed by atoms with Crippen molar-refractivity contribution >= 4 is 33.4 Å². The monoisotopic (exact) mass is 463 g/mol. The molecule has 0 aliphatic carbocycles. The summed E-state index contributed by atoms with van der Waals surface area (Å²) in [6, 6.07) is 7.75. The highest BCUT2D eigenvalue weighted by Crippen LogP contribution is 2.35. The van der Waals surface area contributed by atoms with Crippen LogP contribution in [-0.2, 0) is 32.4 Å². The van der Waals surface area contributed by atoms with Crippen molar-refractivity contribution < 1.29 is 32.2 Å². The molecule has 1 aliphatic heterocycles. The highest BCUT2D eigenvalue weighted by molar-refractivity contribution is 7.92. The van der Waals surface area contributed by atoms with Crippen LogP contribution in [-0.4, -0.2) is 48.3 Å². The van der Waals surface area contributed by atoms with Crippen molar-refractivity contribution in [1.82, 2.24) is 5.32 Å². The molecule has 0 saturated carbocycles. The summed E-state index contributed by atoms with van der Waals surface area (Å²) in [7, 11) is 0.242. The average Bonchev–Trinajstić information content (AvgIpc) is 2.78. The number of anilines is 2. The van der Waals surface area contributed by atoms with Crippen molar-refractivity contribution in [3.8, 4) is 11.5 Å². The van der Waals surface area contributed by atoms with E-state index in [9.17, 15) is 18.0 Å². The number of amides is 2. The Morgan fingerprint density at radius 2 is 1.78 bits per heavy atom. The van der Waals surface area contributed by atoms with Gasteiger partial charge in [0.2, 0.25) is 5.91 Å².